The first-order valence-corrected chi connectivity index (χ1v) is 15.4. The molecule has 1 heterocycles. The van der Waals surface area contributed by atoms with Gasteiger partial charge in [0.25, 0.3) is 5.91 Å². The topological polar surface area (TPSA) is 162 Å². The van der Waals surface area contributed by atoms with Crippen molar-refractivity contribution < 1.29 is 42.9 Å². The molecule has 1 fully saturated rings. The lowest BCUT2D eigenvalue weighted by molar-refractivity contribution is -0.133. The average Bonchev–Trinajstić information content (AvgIpc) is 3.41. The number of hydrogen-bond acceptors (Lipinski definition) is 9. The monoisotopic (exact) mass is 650 g/mol. The largest absolute Gasteiger partial charge is 0.510 e. The van der Waals surface area contributed by atoms with Crippen molar-refractivity contribution in [1.29, 1.82) is 0 Å². The number of anilines is 1. The number of carbonyl (C=O) groups excluding carboxylic acids is 4. The number of ether oxygens (including phenoxy) is 1. The number of aliphatic hydroxyl groups excluding tert-OH is 1. The third kappa shape index (κ3) is 5.27. The second-order valence-electron chi connectivity index (χ2n) is 13.1. The maximum absolute atomic E-state index is 15.8. The van der Waals surface area contributed by atoms with E-state index in [0.29, 0.717) is 6.54 Å². The molecule has 3 aliphatic carbocycles. The second-order valence-corrected chi connectivity index (χ2v) is 13.1. The number of likely N-dealkylation sites (tertiary alicyclic amines) is 1. The summed E-state index contributed by atoms with van der Waals surface area (Å²) in [5, 5.41) is 25.0. The van der Waals surface area contributed by atoms with Crippen LogP contribution in [0, 0.1) is 23.1 Å². The van der Waals surface area contributed by atoms with Crippen LogP contribution < -0.4 is 15.8 Å². The summed E-state index contributed by atoms with van der Waals surface area (Å²) < 4.78 is 35.8. The van der Waals surface area contributed by atoms with E-state index in [1.807, 2.05) is 0 Å². The fraction of sp³-hybridized carbons (Fsp3) is 0.412. The number of aliphatic hydroxyl groups is 1. The highest BCUT2D eigenvalue weighted by Gasteiger charge is 2.62. The normalized spacial score (nSPS) is 27.4. The molecular weight excluding hydrogens is 614 g/mol. The van der Waals surface area contributed by atoms with Gasteiger partial charge in [-0.15, -0.1) is 0 Å². The van der Waals surface area contributed by atoms with Crippen molar-refractivity contribution in [1.82, 2.24) is 9.80 Å². The van der Waals surface area contributed by atoms with Crippen molar-refractivity contribution in [2.45, 2.75) is 38.4 Å². The average molecular weight is 651 g/mol. The van der Waals surface area contributed by atoms with Gasteiger partial charge in [0.1, 0.15) is 34.8 Å². The molecule has 5 N–H and O–H groups in total. The Morgan fingerprint density at radius 3 is 2.51 bits per heavy atom. The number of ketones is 2. The van der Waals surface area contributed by atoms with Gasteiger partial charge in [-0.1, -0.05) is 18.2 Å². The minimum atomic E-state index is -1.69. The number of alkyl halides is 1. The van der Waals surface area contributed by atoms with Gasteiger partial charge in [-0.2, -0.15) is 0 Å². The number of hydrogen-bond donors (Lipinski definition) is 4. The number of benzene rings is 2. The fourth-order valence-corrected chi connectivity index (χ4v) is 7.73. The molecule has 0 bridgehead atoms. The van der Waals surface area contributed by atoms with Crippen LogP contribution in [0.25, 0.3) is 0 Å². The molecule has 2 aromatic rings. The number of para-hydroxylation sites is 1. The van der Waals surface area contributed by atoms with Gasteiger partial charge < -0.3 is 26.0 Å². The van der Waals surface area contributed by atoms with E-state index in [1.165, 1.54) is 6.92 Å². The molecule has 1 saturated heterocycles. The first kappa shape index (κ1) is 32.3. The molecular formula is C34H36F2N4O7. The molecule has 0 saturated carbocycles. The van der Waals surface area contributed by atoms with Crippen molar-refractivity contribution in [2.24, 2.45) is 23.0 Å². The van der Waals surface area contributed by atoms with Gasteiger partial charge in [0, 0.05) is 36.2 Å². The molecule has 4 aliphatic rings. The van der Waals surface area contributed by atoms with Gasteiger partial charge in [-0.3, -0.25) is 29.0 Å². The number of likely N-dealkylation sites (N-methyl/N-ethyl adjacent to an activating group) is 1. The SMILES string of the molecule is CN(C)[C@@H]1C(O)=C(C(N)=O)C(=O)[C@@]2(C)C(Oc3ccccc3)=C3C(=O)c4c(O)c(NC(=O)CN5CC[C@H](F)C5)cc(F)c4C[C@H]3C[C@@H]12. The predicted octanol–water partition coefficient (Wildman–Crippen LogP) is 3.04. The Morgan fingerprint density at radius 2 is 1.89 bits per heavy atom. The van der Waals surface area contributed by atoms with Crippen LogP contribution in [-0.4, -0.2) is 89.3 Å². The minimum absolute atomic E-state index is 0.0143. The Kier molecular flexibility index (Phi) is 8.17. The van der Waals surface area contributed by atoms with Crippen LogP contribution in [0.15, 0.2) is 59.1 Å². The Balaban J connectivity index is 1.50. The molecule has 0 aromatic heterocycles. The molecule has 11 nitrogen and oxygen atoms in total. The van der Waals surface area contributed by atoms with Crippen molar-refractivity contribution in [3.8, 4) is 11.5 Å². The van der Waals surface area contributed by atoms with Gasteiger partial charge in [0.2, 0.25) is 5.91 Å². The van der Waals surface area contributed by atoms with Crippen molar-refractivity contribution in [3.05, 3.63) is 76.0 Å². The van der Waals surface area contributed by atoms with E-state index in [1.54, 1.807) is 54.2 Å². The predicted molar refractivity (Wildman–Crippen MR) is 166 cm³/mol. The van der Waals surface area contributed by atoms with E-state index in [0.717, 1.165) is 6.07 Å². The summed E-state index contributed by atoms with van der Waals surface area (Å²) in [6.07, 6.45) is -0.709. The molecule has 0 radical (unpaired) electrons. The number of nitrogens with one attached hydrogen (secondary N) is 1. The Hall–Kier alpha value is -4.62. The number of aromatic hydroxyl groups is 1. The molecule has 0 unspecified atom stereocenters. The number of amides is 2. The zero-order valence-corrected chi connectivity index (χ0v) is 26.2. The molecule has 13 heteroatoms. The Labute approximate surface area is 269 Å². The summed E-state index contributed by atoms with van der Waals surface area (Å²) in [7, 11) is 3.34. The molecule has 2 amide bonds. The third-order valence-corrected chi connectivity index (χ3v) is 9.92. The smallest absolute Gasteiger partial charge is 0.255 e. The van der Waals surface area contributed by atoms with Crippen LogP contribution in [-0.2, 0) is 20.8 Å². The lowest BCUT2D eigenvalue weighted by Gasteiger charge is -2.52. The molecule has 1 aliphatic heterocycles. The van der Waals surface area contributed by atoms with E-state index in [-0.39, 0.29) is 66.2 Å². The second kappa shape index (κ2) is 11.9. The number of phenols is 1. The summed E-state index contributed by atoms with van der Waals surface area (Å²) in [6.45, 7) is 1.79. The highest BCUT2D eigenvalue weighted by Crippen LogP contribution is 2.57. The van der Waals surface area contributed by atoms with E-state index in [4.69, 9.17) is 10.5 Å². The zero-order chi connectivity index (χ0) is 33.9. The molecule has 248 valence electrons. The number of halogens is 2. The molecule has 47 heavy (non-hydrogen) atoms. The lowest BCUT2D eigenvalue weighted by atomic mass is 9.54. The van der Waals surface area contributed by atoms with Gasteiger partial charge in [-0.25, -0.2) is 8.78 Å². The number of allylic oxidation sites excluding steroid dienone is 2. The van der Waals surface area contributed by atoms with Crippen LogP contribution in [0.4, 0.5) is 14.5 Å². The zero-order valence-electron chi connectivity index (χ0n) is 26.2. The Morgan fingerprint density at radius 1 is 1.19 bits per heavy atom. The lowest BCUT2D eigenvalue weighted by Crippen LogP contribution is -2.59. The maximum atomic E-state index is 15.8. The number of fused-ring (bicyclic) bond motifs is 3. The fourth-order valence-electron chi connectivity index (χ4n) is 7.73. The molecule has 5 atom stereocenters. The highest BCUT2D eigenvalue weighted by molar-refractivity contribution is 6.23. The first-order valence-electron chi connectivity index (χ1n) is 15.4. The van der Waals surface area contributed by atoms with Gasteiger partial charge >= 0.3 is 0 Å². The van der Waals surface area contributed by atoms with Crippen LogP contribution in [0.3, 0.4) is 0 Å². The van der Waals surface area contributed by atoms with Crippen molar-refractivity contribution in [3.63, 3.8) is 0 Å². The summed E-state index contributed by atoms with van der Waals surface area (Å²) in [4.78, 5) is 57.3. The summed E-state index contributed by atoms with van der Waals surface area (Å²) in [6, 6.07) is 8.43. The van der Waals surface area contributed by atoms with E-state index < -0.39 is 75.7 Å². The summed E-state index contributed by atoms with van der Waals surface area (Å²) >= 11 is 0. The first-order chi connectivity index (χ1) is 22.2. The van der Waals surface area contributed by atoms with Gasteiger partial charge in [0.15, 0.2) is 17.3 Å². The van der Waals surface area contributed by atoms with E-state index >= 15 is 4.39 Å². The highest BCUT2D eigenvalue weighted by atomic mass is 19.1. The van der Waals surface area contributed by atoms with Crippen LogP contribution in [0.1, 0.15) is 35.7 Å². The van der Waals surface area contributed by atoms with Crippen molar-refractivity contribution in [2.75, 3.05) is 39.0 Å². The maximum Gasteiger partial charge on any atom is 0.255 e. The van der Waals surface area contributed by atoms with Crippen LogP contribution in [0.5, 0.6) is 11.5 Å². The number of phenolic OH excluding ortho intramolecular Hbond substituents is 1. The molecule has 2 aromatic carbocycles. The van der Waals surface area contributed by atoms with Gasteiger partial charge in [0.05, 0.1) is 29.3 Å². The number of carbonyl (C=O) groups is 4. The molecule has 6 rings (SSSR count). The number of nitrogens with zero attached hydrogens (tertiary/aromatic N) is 2. The van der Waals surface area contributed by atoms with Gasteiger partial charge in [-0.05, 0) is 58.3 Å². The number of primary amides is 1. The summed E-state index contributed by atoms with van der Waals surface area (Å²) in [5.74, 6) is -6.61. The van der Waals surface area contributed by atoms with Crippen molar-refractivity contribution >= 4 is 29.1 Å². The third-order valence-electron chi connectivity index (χ3n) is 9.92. The number of Topliss-reactive ketones (excluding diaryl/α,β-unsaturated/α-hetero) is 2. The number of nitrogens with two attached hydrogens (primary N) is 1. The van der Waals surface area contributed by atoms with E-state index in [2.05, 4.69) is 5.32 Å². The van der Waals surface area contributed by atoms with Crippen LogP contribution in [0.2, 0.25) is 0 Å². The van der Waals surface area contributed by atoms with Crippen LogP contribution >= 0.6 is 0 Å². The standard InChI is InChI=1S/C34H36F2N4O7/c1-34-20(27(39(2)3)30(44)26(31(34)45)33(37)46)12-16-11-19-21(36)13-22(38-23(41)15-40-10-9-17(35)14-40)28(42)25(19)29(43)24(16)32(34)47-18-7-5-4-6-8-18/h4-8,13,16-17,20,27,42,44H,9-12,14-15H2,1-3H3,(H2,37,46)(H,38,41)/t16-,17-,20-,27-,34-/m0/s1. The molecule has 0 spiro atoms. The summed E-state index contributed by atoms with van der Waals surface area (Å²) in [5.41, 5.74) is 2.56. The Bertz CT molecular complexity index is 1760. The minimum Gasteiger partial charge on any atom is -0.510 e. The number of rotatable bonds is 7. The van der Waals surface area contributed by atoms with E-state index in [9.17, 15) is 33.8 Å². The quantitative estimate of drug-likeness (QED) is 0.261.